The number of rotatable bonds is 8. The highest BCUT2D eigenvalue weighted by Gasteiger charge is 2.24. The van der Waals surface area contributed by atoms with E-state index in [2.05, 4.69) is 16.3 Å². The number of allylic oxidation sites excluding steroid dienone is 3. The average Bonchev–Trinajstić information content (AvgIpc) is 3.31. The standard InChI is InChI=1S/C21H26N2O3S/c1-4-14(12-15(26-6-3)13-25-5-2)20-22-23-21(27-20)18-9-7-8-17-16(18)10-11-19(17)24/h4,7-9,12,19,24H,5-6,10-11,13H2,1-3H3/b14-4+,15-12+/t19-/m0/s1. The Kier molecular flexibility index (Phi) is 6.77. The van der Waals surface area contributed by atoms with E-state index in [4.69, 9.17) is 9.47 Å². The van der Waals surface area contributed by atoms with E-state index in [-0.39, 0.29) is 6.10 Å². The van der Waals surface area contributed by atoms with Crippen LogP contribution in [-0.4, -0.2) is 35.1 Å². The van der Waals surface area contributed by atoms with Gasteiger partial charge >= 0.3 is 0 Å². The number of hydrogen-bond acceptors (Lipinski definition) is 6. The third kappa shape index (κ3) is 4.46. The highest BCUT2D eigenvalue weighted by molar-refractivity contribution is 7.15. The normalized spacial score (nSPS) is 17.3. The van der Waals surface area contributed by atoms with Crippen molar-refractivity contribution in [2.24, 2.45) is 0 Å². The van der Waals surface area contributed by atoms with Crippen molar-refractivity contribution in [2.45, 2.75) is 39.7 Å². The van der Waals surface area contributed by atoms with Gasteiger partial charge in [-0.2, -0.15) is 0 Å². The van der Waals surface area contributed by atoms with Crippen LogP contribution in [0.15, 0.2) is 36.1 Å². The molecule has 1 atom stereocenters. The minimum atomic E-state index is -0.367. The van der Waals surface area contributed by atoms with Crippen LogP contribution >= 0.6 is 11.3 Å². The maximum absolute atomic E-state index is 10.1. The molecule has 0 spiro atoms. The second-order valence-corrected chi connectivity index (χ2v) is 7.24. The molecular weight excluding hydrogens is 360 g/mol. The maximum Gasteiger partial charge on any atom is 0.148 e. The molecule has 2 aromatic rings. The van der Waals surface area contributed by atoms with Crippen LogP contribution in [0.2, 0.25) is 0 Å². The summed E-state index contributed by atoms with van der Waals surface area (Å²) in [4.78, 5) is 0. The lowest BCUT2D eigenvalue weighted by Gasteiger charge is -2.09. The summed E-state index contributed by atoms with van der Waals surface area (Å²) >= 11 is 1.56. The summed E-state index contributed by atoms with van der Waals surface area (Å²) in [6.45, 7) is 7.58. The van der Waals surface area contributed by atoms with Gasteiger partial charge in [0.2, 0.25) is 0 Å². The van der Waals surface area contributed by atoms with Gasteiger partial charge in [-0.15, -0.1) is 10.2 Å². The van der Waals surface area contributed by atoms with Gasteiger partial charge in [-0.05, 0) is 50.8 Å². The molecule has 1 aromatic heterocycles. The van der Waals surface area contributed by atoms with Gasteiger partial charge in [0.25, 0.3) is 0 Å². The molecule has 0 aliphatic heterocycles. The predicted octanol–water partition coefficient (Wildman–Crippen LogP) is 4.54. The number of aromatic nitrogens is 2. The van der Waals surface area contributed by atoms with E-state index in [0.717, 1.165) is 45.3 Å². The molecule has 3 rings (SSSR count). The summed E-state index contributed by atoms with van der Waals surface area (Å²) in [7, 11) is 0. The SMILES string of the molecule is C/C=C(\C=C(/COCC)OCC)c1nnc(-c2cccc3c2CC[C@@H]3O)s1. The van der Waals surface area contributed by atoms with Crippen molar-refractivity contribution >= 4 is 16.9 Å². The zero-order valence-corrected chi connectivity index (χ0v) is 16.9. The molecule has 1 aliphatic carbocycles. The topological polar surface area (TPSA) is 64.5 Å². The molecule has 0 fully saturated rings. The molecule has 0 saturated heterocycles. The molecule has 0 saturated carbocycles. The summed E-state index contributed by atoms with van der Waals surface area (Å²) in [5, 5.41) is 20.7. The Morgan fingerprint density at radius 3 is 2.89 bits per heavy atom. The van der Waals surface area contributed by atoms with Gasteiger partial charge in [-0.1, -0.05) is 35.6 Å². The third-order valence-electron chi connectivity index (χ3n) is 4.55. The van der Waals surface area contributed by atoms with Crippen molar-refractivity contribution in [3.05, 3.63) is 52.2 Å². The largest absolute Gasteiger partial charge is 0.496 e. The quantitative estimate of drug-likeness (QED) is 0.533. The summed E-state index contributed by atoms with van der Waals surface area (Å²) in [6, 6.07) is 6.04. The van der Waals surface area contributed by atoms with Gasteiger partial charge in [0.1, 0.15) is 22.4 Å². The summed E-state index contributed by atoms with van der Waals surface area (Å²) in [5.74, 6) is 0.785. The van der Waals surface area contributed by atoms with Crippen LogP contribution in [0.1, 0.15) is 49.4 Å². The second-order valence-electron chi connectivity index (χ2n) is 6.27. The van der Waals surface area contributed by atoms with E-state index in [0.29, 0.717) is 19.8 Å². The lowest BCUT2D eigenvalue weighted by Crippen LogP contribution is -2.02. The molecule has 144 valence electrons. The van der Waals surface area contributed by atoms with Gasteiger partial charge in [0.05, 0.1) is 12.7 Å². The van der Waals surface area contributed by atoms with Crippen molar-refractivity contribution in [1.82, 2.24) is 10.2 Å². The summed E-state index contributed by atoms with van der Waals surface area (Å²) < 4.78 is 11.2. The number of nitrogens with zero attached hydrogens (tertiary/aromatic N) is 2. The molecule has 6 heteroatoms. The zero-order chi connectivity index (χ0) is 19.2. The first kappa shape index (κ1) is 19.7. The molecule has 0 amide bonds. The van der Waals surface area contributed by atoms with Crippen molar-refractivity contribution < 1.29 is 14.6 Å². The summed E-state index contributed by atoms with van der Waals surface area (Å²) in [6.07, 6.45) is 5.27. The fraction of sp³-hybridized carbons (Fsp3) is 0.429. The minimum absolute atomic E-state index is 0.367. The van der Waals surface area contributed by atoms with Crippen LogP contribution in [0.4, 0.5) is 0 Å². The number of aliphatic hydroxyl groups is 1. The number of hydrogen-bond donors (Lipinski definition) is 1. The lowest BCUT2D eigenvalue weighted by molar-refractivity contribution is 0.110. The number of aliphatic hydroxyl groups excluding tert-OH is 1. The number of fused-ring (bicyclic) bond motifs is 1. The van der Waals surface area contributed by atoms with Crippen LogP contribution in [0.3, 0.4) is 0 Å². The van der Waals surface area contributed by atoms with E-state index < -0.39 is 0 Å². The van der Waals surface area contributed by atoms with Gasteiger partial charge in [0.15, 0.2) is 0 Å². The molecule has 0 unspecified atom stereocenters. The predicted molar refractivity (Wildman–Crippen MR) is 108 cm³/mol. The molecule has 0 bridgehead atoms. The first-order valence-electron chi connectivity index (χ1n) is 9.39. The molecule has 5 nitrogen and oxygen atoms in total. The molecule has 1 heterocycles. The zero-order valence-electron chi connectivity index (χ0n) is 16.1. The molecule has 0 radical (unpaired) electrons. The fourth-order valence-corrected chi connectivity index (χ4v) is 4.18. The fourth-order valence-electron chi connectivity index (χ4n) is 3.24. The van der Waals surface area contributed by atoms with Gasteiger partial charge in [-0.25, -0.2) is 0 Å². The first-order chi connectivity index (χ1) is 13.2. The Hall–Kier alpha value is -2.02. The monoisotopic (exact) mass is 386 g/mol. The Labute approximate surface area is 164 Å². The summed E-state index contributed by atoms with van der Waals surface area (Å²) in [5.41, 5.74) is 4.25. The number of ether oxygens (including phenoxy) is 2. The Balaban J connectivity index is 1.88. The van der Waals surface area contributed by atoms with Crippen molar-refractivity contribution in [1.29, 1.82) is 0 Å². The van der Waals surface area contributed by atoms with Gasteiger partial charge < -0.3 is 14.6 Å². The van der Waals surface area contributed by atoms with Gasteiger partial charge in [0, 0.05) is 17.7 Å². The van der Waals surface area contributed by atoms with Crippen LogP contribution in [0.5, 0.6) is 0 Å². The Morgan fingerprint density at radius 1 is 1.30 bits per heavy atom. The van der Waals surface area contributed by atoms with Crippen molar-refractivity contribution in [3.8, 4) is 10.6 Å². The van der Waals surface area contributed by atoms with E-state index in [1.54, 1.807) is 11.3 Å². The molecule has 1 N–H and O–H groups in total. The van der Waals surface area contributed by atoms with E-state index in [1.165, 1.54) is 5.56 Å². The van der Waals surface area contributed by atoms with E-state index >= 15 is 0 Å². The smallest absolute Gasteiger partial charge is 0.148 e. The van der Waals surface area contributed by atoms with Gasteiger partial charge in [-0.3, -0.25) is 0 Å². The first-order valence-corrected chi connectivity index (χ1v) is 10.2. The minimum Gasteiger partial charge on any atom is -0.496 e. The van der Waals surface area contributed by atoms with Crippen LogP contribution in [0.25, 0.3) is 16.1 Å². The highest BCUT2D eigenvalue weighted by Crippen LogP contribution is 2.39. The van der Waals surface area contributed by atoms with Crippen LogP contribution in [0, 0.1) is 0 Å². The Bertz CT molecular complexity index is 842. The van der Waals surface area contributed by atoms with E-state index in [9.17, 15) is 5.11 Å². The van der Waals surface area contributed by atoms with Crippen LogP contribution in [-0.2, 0) is 15.9 Å². The van der Waals surface area contributed by atoms with Crippen molar-refractivity contribution in [2.75, 3.05) is 19.8 Å². The Morgan fingerprint density at radius 2 is 2.15 bits per heavy atom. The molecule has 27 heavy (non-hydrogen) atoms. The highest BCUT2D eigenvalue weighted by atomic mass is 32.1. The van der Waals surface area contributed by atoms with Crippen molar-refractivity contribution in [3.63, 3.8) is 0 Å². The maximum atomic E-state index is 10.1. The lowest BCUT2D eigenvalue weighted by atomic mass is 10.0. The number of benzene rings is 1. The molecule has 1 aliphatic rings. The molecular formula is C21H26N2O3S. The second kappa shape index (κ2) is 9.26. The average molecular weight is 387 g/mol. The molecule has 1 aromatic carbocycles. The van der Waals surface area contributed by atoms with Crippen LogP contribution < -0.4 is 0 Å². The third-order valence-corrected chi connectivity index (χ3v) is 5.55. The van der Waals surface area contributed by atoms with E-state index in [1.807, 2.05) is 45.1 Å².